The van der Waals surface area contributed by atoms with Crippen LogP contribution in [0.2, 0.25) is 0 Å². The zero-order valence-electron chi connectivity index (χ0n) is 15.0. The summed E-state index contributed by atoms with van der Waals surface area (Å²) >= 11 is 0. The summed E-state index contributed by atoms with van der Waals surface area (Å²) in [5.74, 6) is -0.593. The van der Waals surface area contributed by atoms with Crippen LogP contribution in [0.25, 0.3) is 12.2 Å². The molecule has 2 aromatic rings. The summed E-state index contributed by atoms with van der Waals surface area (Å²) in [5, 5.41) is 3.74. The lowest BCUT2D eigenvalue weighted by Gasteiger charge is -2.23. The van der Waals surface area contributed by atoms with E-state index >= 15 is 0 Å². The van der Waals surface area contributed by atoms with Gasteiger partial charge in [-0.1, -0.05) is 54.6 Å². The number of rotatable bonds is 3. The van der Waals surface area contributed by atoms with Gasteiger partial charge in [-0.2, -0.15) is 13.2 Å². The van der Waals surface area contributed by atoms with Gasteiger partial charge in [-0.05, 0) is 51.3 Å². The summed E-state index contributed by atoms with van der Waals surface area (Å²) in [4.78, 5) is 0. The summed E-state index contributed by atoms with van der Waals surface area (Å²) in [7, 11) is -3.66. The highest BCUT2D eigenvalue weighted by Crippen LogP contribution is 2.23. The highest BCUT2D eigenvalue weighted by Gasteiger charge is 2.29. The molecule has 2 aromatic carbocycles. The number of benzene rings is 2. The van der Waals surface area contributed by atoms with Crippen LogP contribution in [0, 0.1) is 10.4 Å². The van der Waals surface area contributed by atoms with E-state index in [1.807, 2.05) is 24.3 Å². The third-order valence-corrected chi connectivity index (χ3v) is 7.45. The predicted molar refractivity (Wildman–Crippen MR) is 104 cm³/mol. The van der Waals surface area contributed by atoms with Crippen molar-refractivity contribution in [2.75, 3.05) is 5.75 Å². The largest absolute Gasteiger partial charge is 0.409 e. The molecule has 0 bridgehead atoms. The van der Waals surface area contributed by atoms with Crippen molar-refractivity contribution in [2.45, 2.75) is 30.7 Å². The standard InChI is InChI=1S/C22H19F3O2S/c23-22(24,25)12-3-13-28(26,27)17-9-6-16-8-10-19-18-5-2-1-4-15(18)7-11-20(19)21(16)14-17/h1-8,10,12,17H,9,11,13-14H2. The van der Waals surface area contributed by atoms with E-state index in [0.717, 1.165) is 38.4 Å². The topological polar surface area (TPSA) is 34.1 Å². The summed E-state index contributed by atoms with van der Waals surface area (Å²) in [5.41, 5.74) is 2.13. The molecule has 0 aliphatic heterocycles. The van der Waals surface area contributed by atoms with Gasteiger partial charge in [0.15, 0.2) is 9.84 Å². The van der Waals surface area contributed by atoms with Gasteiger partial charge in [0.2, 0.25) is 0 Å². The minimum atomic E-state index is -4.50. The molecule has 0 aromatic heterocycles. The van der Waals surface area contributed by atoms with E-state index in [1.54, 1.807) is 0 Å². The minimum absolute atomic E-state index is 0.00120. The number of halogens is 3. The van der Waals surface area contributed by atoms with Crippen LogP contribution in [0.15, 0.2) is 48.6 Å². The fourth-order valence-electron chi connectivity index (χ4n) is 4.06. The van der Waals surface area contributed by atoms with Crippen LogP contribution in [0.5, 0.6) is 0 Å². The fourth-order valence-corrected chi connectivity index (χ4v) is 5.50. The third kappa shape index (κ3) is 3.65. The first kappa shape index (κ1) is 19.0. The summed E-state index contributed by atoms with van der Waals surface area (Å²) in [6.07, 6.45) is 1.64. The summed E-state index contributed by atoms with van der Waals surface area (Å²) in [6, 6.07) is 12.2. The molecule has 0 amide bonds. The van der Waals surface area contributed by atoms with Gasteiger partial charge in [0.1, 0.15) is 0 Å². The normalized spacial score (nSPS) is 18.6. The Morgan fingerprint density at radius 3 is 2.54 bits per heavy atom. The van der Waals surface area contributed by atoms with Crippen molar-refractivity contribution in [3.05, 3.63) is 80.6 Å². The summed E-state index contributed by atoms with van der Waals surface area (Å²) in [6.45, 7) is 0. The molecule has 0 spiro atoms. The molecule has 0 radical (unpaired) electrons. The average molecular weight is 404 g/mol. The van der Waals surface area contributed by atoms with E-state index in [9.17, 15) is 21.6 Å². The molecule has 146 valence electrons. The van der Waals surface area contributed by atoms with Crippen LogP contribution in [-0.4, -0.2) is 25.6 Å². The smallest absolute Gasteiger partial charge is 0.228 e. The Bertz CT molecular complexity index is 1270. The highest BCUT2D eigenvalue weighted by atomic mass is 32.2. The fraction of sp³-hybridized carbons (Fsp3) is 0.273. The Morgan fingerprint density at radius 1 is 0.964 bits per heavy atom. The molecule has 1 atom stereocenters. The van der Waals surface area contributed by atoms with Gasteiger partial charge in [0.05, 0.1) is 11.0 Å². The molecule has 28 heavy (non-hydrogen) atoms. The molecule has 0 heterocycles. The van der Waals surface area contributed by atoms with Crippen LogP contribution in [0.4, 0.5) is 13.2 Å². The molecule has 1 unspecified atom stereocenters. The molecule has 4 rings (SSSR count). The molecular formula is C22H19F3O2S. The first-order valence-electron chi connectivity index (χ1n) is 9.11. The average Bonchev–Trinajstić information content (AvgIpc) is 2.65. The van der Waals surface area contributed by atoms with Gasteiger partial charge in [-0.3, -0.25) is 0 Å². The van der Waals surface area contributed by atoms with Crippen molar-refractivity contribution in [3.63, 3.8) is 0 Å². The van der Waals surface area contributed by atoms with E-state index < -0.39 is 27.0 Å². The number of fused-ring (bicyclic) bond motifs is 4. The number of sulfone groups is 1. The van der Waals surface area contributed by atoms with E-state index in [1.165, 1.54) is 0 Å². The number of alkyl halides is 3. The van der Waals surface area contributed by atoms with Crippen LogP contribution < -0.4 is 10.4 Å². The quantitative estimate of drug-likeness (QED) is 0.738. The highest BCUT2D eigenvalue weighted by molar-refractivity contribution is 7.92. The second-order valence-electron chi connectivity index (χ2n) is 7.19. The van der Waals surface area contributed by atoms with E-state index in [-0.39, 0.29) is 6.08 Å². The Balaban J connectivity index is 1.73. The van der Waals surface area contributed by atoms with Crippen molar-refractivity contribution in [1.82, 2.24) is 0 Å². The zero-order valence-corrected chi connectivity index (χ0v) is 15.9. The number of hydrogen-bond acceptors (Lipinski definition) is 2. The van der Waals surface area contributed by atoms with Crippen LogP contribution in [-0.2, 0) is 22.7 Å². The van der Waals surface area contributed by atoms with Gasteiger partial charge in [0, 0.05) is 6.08 Å². The van der Waals surface area contributed by atoms with Gasteiger partial charge in [-0.25, -0.2) is 8.42 Å². The minimum Gasteiger partial charge on any atom is -0.228 e. The van der Waals surface area contributed by atoms with E-state index in [0.29, 0.717) is 18.9 Å². The van der Waals surface area contributed by atoms with Crippen molar-refractivity contribution < 1.29 is 21.6 Å². The van der Waals surface area contributed by atoms with Crippen LogP contribution in [0.3, 0.4) is 0 Å². The maximum absolute atomic E-state index is 12.6. The molecule has 0 fully saturated rings. The molecule has 2 aliphatic rings. The van der Waals surface area contributed by atoms with Gasteiger partial charge >= 0.3 is 6.18 Å². The van der Waals surface area contributed by atoms with Gasteiger partial charge in [-0.15, -0.1) is 0 Å². The lowest BCUT2D eigenvalue weighted by molar-refractivity contribution is -0.0799. The van der Waals surface area contributed by atoms with Crippen LogP contribution in [0.1, 0.15) is 17.5 Å². The molecule has 0 N–H and O–H groups in total. The zero-order chi connectivity index (χ0) is 19.9. The first-order valence-corrected chi connectivity index (χ1v) is 10.8. The Morgan fingerprint density at radius 2 is 1.75 bits per heavy atom. The van der Waals surface area contributed by atoms with E-state index in [4.69, 9.17) is 0 Å². The van der Waals surface area contributed by atoms with Crippen molar-refractivity contribution in [3.8, 4) is 0 Å². The molecule has 0 saturated carbocycles. The molecule has 2 nitrogen and oxygen atoms in total. The second-order valence-corrected chi connectivity index (χ2v) is 9.52. The molecule has 2 aliphatic carbocycles. The van der Waals surface area contributed by atoms with Crippen LogP contribution >= 0.6 is 0 Å². The third-order valence-electron chi connectivity index (χ3n) is 5.42. The Hall–Kier alpha value is -2.34. The van der Waals surface area contributed by atoms with Crippen molar-refractivity contribution >= 4 is 22.0 Å². The lowest BCUT2D eigenvalue weighted by atomic mass is 9.89. The first-order chi connectivity index (χ1) is 13.2. The Kier molecular flexibility index (Phi) is 4.70. The van der Waals surface area contributed by atoms with Crippen molar-refractivity contribution in [2.24, 2.45) is 0 Å². The van der Waals surface area contributed by atoms with Gasteiger partial charge < -0.3 is 0 Å². The lowest BCUT2D eigenvalue weighted by Crippen LogP contribution is -2.33. The second kappa shape index (κ2) is 6.92. The predicted octanol–water partition coefficient (Wildman–Crippen LogP) is 2.94. The monoisotopic (exact) mass is 404 g/mol. The summed E-state index contributed by atoms with van der Waals surface area (Å²) < 4.78 is 62.1. The molecule has 6 heteroatoms. The number of hydrogen-bond donors (Lipinski definition) is 0. The maximum Gasteiger partial charge on any atom is 0.409 e. The number of allylic oxidation sites excluding steroid dienone is 1. The Labute approximate surface area is 160 Å². The van der Waals surface area contributed by atoms with E-state index in [2.05, 4.69) is 24.3 Å². The molecular weight excluding hydrogens is 385 g/mol. The SMILES string of the molecule is O=S(=O)(CC=CC(F)(F)F)C1CC=c2ccc3c(c2C1)CC=c1ccccc1=3. The maximum atomic E-state index is 12.6. The van der Waals surface area contributed by atoms with Crippen molar-refractivity contribution in [1.29, 1.82) is 0 Å². The molecule has 0 saturated heterocycles. The van der Waals surface area contributed by atoms with Gasteiger partial charge in [0.25, 0.3) is 0 Å².